The Labute approximate surface area is 257 Å². The van der Waals surface area contributed by atoms with E-state index < -0.39 is 53.6 Å². The average molecular weight is 605 g/mol. The summed E-state index contributed by atoms with van der Waals surface area (Å²) in [7, 11) is 0. The Bertz CT molecular complexity index is 1140. The van der Waals surface area contributed by atoms with Gasteiger partial charge >= 0.3 is 11.9 Å². The predicted octanol–water partition coefficient (Wildman–Crippen LogP) is 5.60. The van der Waals surface area contributed by atoms with Gasteiger partial charge in [0.15, 0.2) is 11.9 Å². The second-order valence-electron chi connectivity index (χ2n) is 16.5. The average Bonchev–Trinajstić information content (AvgIpc) is 3.21. The number of rotatable bonds is 10. The van der Waals surface area contributed by atoms with Crippen molar-refractivity contribution < 1.29 is 39.5 Å². The van der Waals surface area contributed by atoms with Crippen molar-refractivity contribution in [1.82, 2.24) is 0 Å². The number of carboxylic acid groups (broad SMARTS) is 1. The molecule has 4 rings (SSSR count). The highest BCUT2D eigenvalue weighted by atomic mass is 16.5. The Morgan fingerprint density at radius 2 is 1.65 bits per heavy atom. The summed E-state index contributed by atoms with van der Waals surface area (Å²) in [5.74, 6) is -0.435. The Kier molecular flexibility index (Phi) is 9.16. The van der Waals surface area contributed by atoms with Crippen LogP contribution in [0.15, 0.2) is 11.1 Å². The number of aliphatic hydroxyl groups excluding tert-OH is 1. The number of carbonyl (C=O) groups excluding carboxylic acids is 2. The molecule has 0 heterocycles. The molecule has 8 nitrogen and oxygen atoms in total. The lowest BCUT2D eigenvalue weighted by atomic mass is 9.45. The topological polar surface area (TPSA) is 141 Å². The summed E-state index contributed by atoms with van der Waals surface area (Å²) >= 11 is 0. The third kappa shape index (κ3) is 6.35. The summed E-state index contributed by atoms with van der Waals surface area (Å²) in [4.78, 5) is 37.7. The molecule has 0 radical (unpaired) electrons. The van der Waals surface area contributed by atoms with Crippen molar-refractivity contribution in [2.45, 2.75) is 149 Å². The van der Waals surface area contributed by atoms with E-state index in [1.807, 2.05) is 13.8 Å². The fraction of sp³-hybridized carbons (Fsp3) is 0.857. The number of carboxylic acids is 1. The zero-order valence-corrected chi connectivity index (χ0v) is 27.7. The van der Waals surface area contributed by atoms with Crippen molar-refractivity contribution in [2.24, 2.45) is 39.9 Å². The van der Waals surface area contributed by atoms with Gasteiger partial charge in [0.25, 0.3) is 0 Å². The molecule has 0 amide bonds. The van der Waals surface area contributed by atoms with Crippen molar-refractivity contribution in [3.63, 3.8) is 0 Å². The number of hydrogen-bond acceptors (Lipinski definition) is 7. The molecule has 4 aliphatic rings. The highest BCUT2D eigenvalue weighted by Gasteiger charge is 2.62. The smallest absolute Gasteiger partial charge is 0.309 e. The maximum absolute atomic E-state index is 13.7. The molecule has 2 saturated carbocycles. The Hall–Kier alpha value is -1.77. The van der Waals surface area contributed by atoms with E-state index in [1.165, 1.54) is 12.5 Å². The van der Waals surface area contributed by atoms with Crippen LogP contribution in [0.3, 0.4) is 0 Å². The van der Waals surface area contributed by atoms with Crippen molar-refractivity contribution >= 4 is 17.7 Å². The van der Waals surface area contributed by atoms with Gasteiger partial charge in [-0.3, -0.25) is 14.4 Å². The molecule has 0 saturated heterocycles. The monoisotopic (exact) mass is 604 g/mol. The molecule has 4 aliphatic carbocycles. The molecule has 0 bridgehead atoms. The molecule has 9 atom stereocenters. The van der Waals surface area contributed by atoms with Crippen molar-refractivity contribution in [3.05, 3.63) is 11.1 Å². The molecule has 0 aromatic rings. The van der Waals surface area contributed by atoms with Crippen LogP contribution in [-0.4, -0.2) is 61.6 Å². The summed E-state index contributed by atoms with van der Waals surface area (Å²) in [6, 6.07) is 0. The maximum Gasteiger partial charge on any atom is 0.309 e. The first-order valence-corrected chi connectivity index (χ1v) is 16.4. The fourth-order valence-electron chi connectivity index (χ4n) is 10.2. The summed E-state index contributed by atoms with van der Waals surface area (Å²) in [6.45, 7) is 15.6. The van der Waals surface area contributed by atoms with Crippen LogP contribution in [0.4, 0.5) is 0 Å². The van der Waals surface area contributed by atoms with Gasteiger partial charge in [-0.05, 0) is 107 Å². The fourth-order valence-corrected chi connectivity index (χ4v) is 10.2. The molecule has 0 aromatic carbocycles. The van der Waals surface area contributed by atoms with Crippen LogP contribution in [0.5, 0.6) is 0 Å². The van der Waals surface area contributed by atoms with Gasteiger partial charge in [0.1, 0.15) is 0 Å². The van der Waals surface area contributed by atoms with Crippen LogP contribution in [-0.2, 0) is 19.1 Å². The highest BCUT2D eigenvalue weighted by Crippen LogP contribution is 2.67. The van der Waals surface area contributed by atoms with Gasteiger partial charge in [0.2, 0.25) is 0 Å². The Morgan fingerprint density at radius 3 is 2.26 bits per heavy atom. The maximum atomic E-state index is 13.7. The summed E-state index contributed by atoms with van der Waals surface area (Å²) in [6.07, 6.45) is 5.40. The second-order valence-corrected chi connectivity index (χ2v) is 16.5. The first-order valence-electron chi connectivity index (χ1n) is 16.4. The first kappa shape index (κ1) is 34.1. The van der Waals surface area contributed by atoms with E-state index >= 15 is 0 Å². The van der Waals surface area contributed by atoms with Crippen LogP contribution < -0.4 is 0 Å². The zero-order valence-electron chi connectivity index (χ0n) is 27.7. The third-order valence-electron chi connectivity index (χ3n) is 12.4. The zero-order chi connectivity index (χ0) is 32.3. The van der Waals surface area contributed by atoms with Gasteiger partial charge in [-0.1, -0.05) is 45.8 Å². The standard InChI is InChI=1S/C35H56O8/c1-20(9-14-27(36)32(4,5)41)22-11-12-23-21-10-13-26-31(2,3)30(40)25(43-29(39)19-33(6,42)18-28(37)38)17-35(26,8)24(21)15-16-34(22,23)7/h20,22-23,25-27,36,41-42H,9-19H2,1-8H3,(H,37,38)/t20-,22-,23?,25-,26+,27?,33?,34-,35-/m1/s1. The van der Waals surface area contributed by atoms with Gasteiger partial charge in [0, 0.05) is 11.8 Å². The summed E-state index contributed by atoms with van der Waals surface area (Å²) in [5, 5.41) is 40.2. The van der Waals surface area contributed by atoms with Crippen LogP contribution in [0.1, 0.15) is 126 Å². The molecular weight excluding hydrogens is 548 g/mol. The summed E-state index contributed by atoms with van der Waals surface area (Å²) in [5.41, 5.74) is -0.647. The van der Waals surface area contributed by atoms with Gasteiger partial charge in [-0.15, -0.1) is 0 Å². The molecule has 43 heavy (non-hydrogen) atoms. The minimum Gasteiger partial charge on any atom is -0.481 e. The number of allylic oxidation sites excluding steroid dienone is 2. The molecule has 4 N–H and O–H groups in total. The van der Waals surface area contributed by atoms with Crippen LogP contribution >= 0.6 is 0 Å². The van der Waals surface area contributed by atoms with E-state index in [9.17, 15) is 29.7 Å². The van der Waals surface area contributed by atoms with Gasteiger partial charge in [-0.2, -0.15) is 0 Å². The second kappa shape index (κ2) is 11.5. The lowest BCUT2D eigenvalue weighted by Crippen LogP contribution is -2.58. The SMILES string of the molecule is C[C@H](CCC(O)C(C)(C)O)[C@H]1CCC2C3=C(CC[C@@]21C)[C@@]1(C)C[C@@H](OC(=O)CC(C)(O)CC(=O)O)C(=O)C(C)(C)[C@@H]1CC3. The number of ketones is 1. The van der Waals surface area contributed by atoms with Crippen molar-refractivity contribution in [3.8, 4) is 0 Å². The van der Waals surface area contributed by atoms with Gasteiger partial charge in [0.05, 0.1) is 30.1 Å². The Balaban J connectivity index is 1.56. The van der Waals surface area contributed by atoms with E-state index in [-0.39, 0.29) is 22.5 Å². The Morgan fingerprint density at radius 1 is 1.00 bits per heavy atom. The third-order valence-corrected chi connectivity index (χ3v) is 12.4. The van der Waals surface area contributed by atoms with E-state index in [1.54, 1.807) is 19.4 Å². The van der Waals surface area contributed by atoms with E-state index in [2.05, 4.69) is 20.8 Å². The lowest BCUT2D eigenvalue weighted by molar-refractivity contribution is -0.174. The summed E-state index contributed by atoms with van der Waals surface area (Å²) < 4.78 is 5.77. The van der Waals surface area contributed by atoms with Crippen molar-refractivity contribution in [1.29, 1.82) is 0 Å². The minimum absolute atomic E-state index is 0.0890. The molecule has 244 valence electrons. The van der Waals surface area contributed by atoms with Gasteiger partial charge < -0.3 is 25.2 Å². The molecule has 0 aliphatic heterocycles. The van der Waals surface area contributed by atoms with Crippen LogP contribution in [0.2, 0.25) is 0 Å². The van der Waals surface area contributed by atoms with Crippen molar-refractivity contribution in [2.75, 3.05) is 0 Å². The number of aliphatic carboxylic acids is 1. The van der Waals surface area contributed by atoms with E-state index in [0.717, 1.165) is 44.9 Å². The molecule has 2 fully saturated rings. The number of ether oxygens (including phenoxy) is 1. The normalized spacial score (nSPS) is 36.6. The van der Waals surface area contributed by atoms with Gasteiger partial charge in [-0.25, -0.2) is 0 Å². The molecule has 3 unspecified atom stereocenters. The first-order chi connectivity index (χ1) is 19.6. The minimum atomic E-state index is -1.75. The van der Waals surface area contributed by atoms with E-state index in [4.69, 9.17) is 9.84 Å². The number of Topliss-reactive ketones (excluding diaryl/α,β-unsaturated/α-hetero) is 1. The molecular formula is C35H56O8. The quantitative estimate of drug-likeness (QED) is 0.187. The number of fused-ring (bicyclic) bond motifs is 4. The van der Waals surface area contributed by atoms with E-state index in [0.29, 0.717) is 30.6 Å². The number of aliphatic hydroxyl groups is 3. The number of carbonyl (C=O) groups is 3. The van der Waals surface area contributed by atoms with Crippen LogP contribution in [0, 0.1) is 39.9 Å². The number of hydrogen-bond donors (Lipinski definition) is 4. The highest BCUT2D eigenvalue weighted by molar-refractivity contribution is 5.92. The molecule has 0 aromatic heterocycles. The van der Waals surface area contributed by atoms with Crippen LogP contribution in [0.25, 0.3) is 0 Å². The largest absolute Gasteiger partial charge is 0.481 e. The predicted molar refractivity (Wildman–Crippen MR) is 163 cm³/mol. The lowest BCUT2D eigenvalue weighted by Gasteiger charge is -2.59. The molecule has 8 heteroatoms. The molecule has 0 spiro atoms. The number of esters is 1.